The number of hydrogen-bond acceptors (Lipinski definition) is 2. The molecule has 2 N–H and O–H groups in total. The van der Waals surface area contributed by atoms with Crippen molar-refractivity contribution < 1.29 is 4.79 Å². The number of aryl methyl sites for hydroxylation is 1. The van der Waals surface area contributed by atoms with Crippen LogP contribution in [0.25, 0.3) is 10.9 Å². The molecule has 1 aromatic carbocycles. The van der Waals surface area contributed by atoms with Crippen molar-refractivity contribution >= 4 is 45.8 Å². The second-order valence-electron chi connectivity index (χ2n) is 4.19. The zero-order valence-corrected chi connectivity index (χ0v) is 12.3. The van der Waals surface area contributed by atoms with Crippen molar-refractivity contribution in [1.82, 2.24) is 10.3 Å². The lowest BCUT2D eigenvalue weighted by Gasteiger charge is -2.10. The summed E-state index contributed by atoms with van der Waals surface area (Å²) in [5.41, 5.74) is 3.59. The maximum atomic E-state index is 11.8. The van der Waals surface area contributed by atoms with Gasteiger partial charge in [-0.05, 0) is 19.1 Å². The predicted molar refractivity (Wildman–Crippen MR) is 83.3 cm³/mol. The Hall–Kier alpha value is -1.78. The standard InChI is InChI=1S/C14H13Cl2N3O/c1-9-6-13(11-4-2-3-5-12(11)18-9)19-14(20)17-8-10(16)7-15/h2-7H,8H2,1H3,(H2,17,18,19,20)/b10-7-. The summed E-state index contributed by atoms with van der Waals surface area (Å²) in [6.07, 6.45) is 0. The van der Waals surface area contributed by atoms with E-state index in [1.807, 2.05) is 37.3 Å². The van der Waals surface area contributed by atoms with Crippen molar-refractivity contribution in [3.63, 3.8) is 0 Å². The fraction of sp³-hybridized carbons (Fsp3) is 0.143. The maximum Gasteiger partial charge on any atom is 0.319 e. The molecule has 1 aromatic heterocycles. The molecule has 6 heteroatoms. The van der Waals surface area contributed by atoms with E-state index < -0.39 is 0 Å². The number of benzene rings is 1. The summed E-state index contributed by atoms with van der Waals surface area (Å²) < 4.78 is 0. The number of amides is 2. The molecule has 0 aliphatic rings. The number of carbonyl (C=O) groups is 1. The molecule has 104 valence electrons. The third-order valence-corrected chi connectivity index (χ3v) is 3.25. The second kappa shape index (κ2) is 6.59. The maximum absolute atomic E-state index is 11.8. The Morgan fingerprint density at radius 1 is 1.40 bits per heavy atom. The number of nitrogens with one attached hydrogen (secondary N) is 2. The van der Waals surface area contributed by atoms with Crippen LogP contribution in [-0.2, 0) is 0 Å². The van der Waals surface area contributed by atoms with E-state index in [0.29, 0.717) is 10.7 Å². The molecule has 0 aliphatic heterocycles. The summed E-state index contributed by atoms with van der Waals surface area (Å²) in [6.45, 7) is 2.06. The second-order valence-corrected chi connectivity index (χ2v) is 4.90. The minimum atomic E-state index is -0.350. The van der Waals surface area contributed by atoms with Gasteiger partial charge in [0.05, 0.1) is 17.7 Å². The van der Waals surface area contributed by atoms with Gasteiger partial charge in [-0.2, -0.15) is 0 Å². The first-order chi connectivity index (χ1) is 9.60. The SMILES string of the molecule is Cc1cc(NC(=O)NC/C(Cl)=C/Cl)c2ccccc2n1. The Labute approximate surface area is 126 Å². The van der Waals surface area contributed by atoms with Gasteiger partial charge < -0.3 is 10.6 Å². The van der Waals surface area contributed by atoms with E-state index in [1.165, 1.54) is 5.54 Å². The molecule has 0 bridgehead atoms. The fourth-order valence-electron chi connectivity index (χ4n) is 1.78. The summed E-state index contributed by atoms with van der Waals surface area (Å²) in [6, 6.07) is 9.08. The van der Waals surface area contributed by atoms with Crippen molar-refractivity contribution in [2.45, 2.75) is 6.92 Å². The average Bonchev–Trinajstić information content (AvgIpc) is 2.44. The minimum absolute atomic E-state index is 0.179. The van der Waals surface area contributed by atoms with Gasteiger partial charge in [-0.3, -0.25) is 4.98 Å². The molecule has 0 saturated heterocycles. The first-order valence-corrected chi connectivity index (χ1v) is 6.77. The predicted octanol–water partition coefficient (Wildman–Crippen LogP) is 3.98. The number of para-hydroxylation sites is 1. The van der Waals surface area contributed by atoms with Crippen LogP contribution in [0.5, 0.6) is 0 Å². The highest BCUT2D eigenvalue weighted by Crippen LogP contribution is 2.22. The zero-order chi connectivity index (χ0) is 14.5. The van der Waals surface area contributed by atoms with E-state index in [2.05, 4.69) is 15.6 Å². The molecular weight excluding hydrogens is 297 g/mol. The van der Waals surface area contributed by atoms with E-state index >= 15 is 0 Å². The van der Waals surface area contributed by atoms with E-state index in [4.69, 9.17) is 23.2 Å². The van der Waals surface area contributed by atoms with Gasteiger partial charge in [0, 0.05) is 21.6 Å². The summed E-state index contributed by atoms with van der Waals surface area (Å²) in [5.74, 6) is 0. The van der Waals surface area contributed by atoms with Crippen LogP contribution in [0.2, 0.25) is 0 Å². The van der Waals surface area contributed by atoms with Gasteiger partial charge in [0.1, 0.15) is 0 Å². The number of fused-ring (bicyclic) bond motifs is 1. The van der Waals surface area contributed by atoms with Gasteiger partial charge in [0.2, 0.25) is 0 Å². The Morgan fingerprint density at radius 3 is 2.90 bits per heavy atom. The Bertz CT molecular complexity index is 671. The number of rotatable bonds is 3. The molecule has 2 aromatic rings. The van der Waals surface area contributed by atoms with Crippen LogP contribution in [0.1, 0.15) is 5.69 Å². The minimum Gasteiger partial charge on any atom is -0.333 e. The number of aromatic nitrogens is 1. The van der Waals surface area contributed by atoms with Gasteiger partial charge in [-0.25, -0.2) is 4.79 Å². The van der Waals surface area contributed by atoms with Gasteiger partial charge in [0.15, 0.2) is 0 Å². The molecule has 1 heterocycles. The van der Waals surface area contributed by atoms with Crippen molar-refractivity contribution in [2.75, 3.05) is 11.9 Å². The van der Waals surface area contributed by atoms with Crippen molar-refractivity contribution in [3.05, 3.63) is 46.6 Å². The molecule has 0 fully saturated rings. The van der Waals surface area contributed by atoms with Gasteiger partial charge >= 0.3 is 6.03 Å². The van der Waals surface area contributed by atoms with Crippen LogP contribution in [0.15, 0.2) is 40.9 Å². The lowest BCUT2D eigenvalue weighted by molar-refractivity contribution is 0.253. The summed E-state index contributed by atoms with van der Waals surface area (Å²) in [7, 11) is 0. The smallest absolute Gasteiger partial charge is 0.319 e. The number of nitrogens with zero attached hydrogens (tertiary/aromatic N) is 1. The number of pyridine rings is 1. The molecule has 2 amide bonds. The topological polar surface area (TPSA) is 54.0 Å². The normalized spacial score (nSPS) is 11.4. The van der Waals surface area contributed by atoms with Crippen LogP contribution in [0.4, 0.5) is 10.5 Å². The first-order valence-electron chi connectivity index (χ1n) is 5.96. The number of halogens is 2. The van der Waals surface area contributed by atoms with Crippen molar-refractivity contribution in [3.8, 4) is 0 Å². The summed E-state index contributed by atoms with van der Waals surface area (Å²) >= 11 is 11.1. The summed E-state index contributed by atoms with van der Waals surface area (Å²) in [4.78, 5) is 16.2. The number of urea groups is 1. The monoisotopic (exact) mass is 309 g/mol. The largest absolute Gasteiger partial charge is 0.333 e. The average molecular weight is 310 g/mol. The highest BCUT2D eigenvalue weighted by atomic mass is 35.5. The molecule has 2 rings (SSSR count). The van der Waals surface area contributed by atoms with Crippen LogP contribution < -0.4 is 10.6 Å². The van der Waals surface area contributed by atoms with E-state index in [-0.39, 0.29) is 12.6 Å². The molecule has 0 radical (unpaired) electrons. The molecule has 4 nitrogen and oxygen atoms in total. The van der Waals surface area contributed by atoms with E-state index in [1.54, 1.807) is 0 Å². The molecule has 0 aliphatic carbocycles. The first kappa shape index (κ1) is 14.6. The Kier molecular flexibility index (Phi) is 4.82. The molecular formula is C14H13Cl2N3O. The van der Waals surface area contributed by atoms with Crippen LogP contribution in [0, 0.1) is 6.92 Å². The third kappa shape index (κ3) is 3.62. The lowest BCUT2D eigenvalue weighted by Crippen LogP contribution is -2.29. The van der Waals surface area contributed by atoms with Crippen LogP contribution in [0.3, 0.4) is 0 Å². The molecule has 0 saturated carbocycles. The Morgan fingerprint density at radius 2 is 2.15 bits per heavy atom. The molecule has 0 spiro atoms. The van der Waals surface area contributed by atoms with Gasteiger partial charge in [-0.15, -0.1) is 0 Å². The fourth-order valence-corrected chi connectivity index (χ4v) is 1.92. The Balaban J connectivity index is 2.19. The quantitative estimate of drug-likeness (QED) is 0.901. The molecule has 0 unspecified atom stereocenters. The number of anilines is 1. The van der Waals surface area contributed by atoms with Crippen LogP contribution in [-0.4, -0.2) is 17.6 Å². The van der Waals surface area contributed by atoms with Gasteiger partial charge in [0.25, 0.3) is 0 Å². The lowest BCUT2D eigenvalue weighted by atomic mass is 10.1. The highest BCUT2D eigenvalue weighted by molar-refractivity contribution is 6.36. The molecule has 20 heavy (non-hydrogen) atoms. The zero-order valence-electron chi connectivity index (χ0n) is 10.8. The van der Waals surface area contributed by atoms with Gasteiger partial charge in [-0.1, -0.05) is 41.4 Å². The van der Waals surface area contributed by atoms with Crippen molar-refractivity contribution in [1.29, 1.82) is 0 Å². The highest BCUT2D eigenvalue weighted by Gasteiger charge is 2.07. The van der Waals surface area contributed by atoms with Crippen molar-refractivity contribution in [2.24, 2.45) is 0 Å². The number of carbonyl (C=O) groups excluding carboxylic acids is 1. The van der Waals surface area contributed by atoms with E-state index in [9.17, 15) is 4.79 Å². The van der Waals surface area contributed by atoms with Crippen LogP contribution >= 0.6 is 23.2 Å². The van der Waals surface area contributed by atoms with E-state index in [0.717, 1.165) is 16.6 Å². The third-order valence-electron chi connectivity index (χ3n) is 2.63. The molecule has 0 atom stereocenters. The summed E-state index contributed by atoms with van der Waals surface area (Å²) in [5, 5.41) is 6.64. The number of hydrogen-bond donors (Lipinski definition) is 2.